The number of aryl methyl sites for hydroxylation is 2. The van der Waals surface area contributed by atoms with E-state index in [-0.39, 0.29) is 5.92 Å². The Kier molecular flexibility index (Phi) is 4.14. The quantitative estimate of drug-likeness (QED) is 0.880. The average Bonchev–Trinajstić information content (AvgIpc) is 2.36. The zero-order chi connectivity index (χ0) is 14.0. The first-order chi connectivity index (χ1) is 8.97. The van der Waals surface area contributed by atoms with Crippen LogP contribution >= 0.6 is 0 Å². The summed E-state index contributed by atoms with van der Waals surface area (Å²) in [6.45, 7) is 2.89. The van der Waals surface area contributed by atoms with Gasteiger partial charge in [0.05, 0.1) is 5.92 Å². The highest BCUT2D eigenvalue weighted by Crippen LogP contribution is 2.26. The van der Waals surface area contributed by atoms with Crippen LogP contribution in [0.1, 0.15) is 29.2 Å². The van der Waals surface area contributed by atoms with E-state index in [1.54, 1.807) is 0 Å². The van der Waals surface area contributed by atoms with E-state index in [0.717, 1.165) is 42.2 Å². The van der Waals surface area contributed by atoms with Crippen molar-refractivity contribution < 1.29 is 9.90 Å². The van der Waals surface area contributed by atoms with Crippen LogP contribution in [-0.4, -0.2) is 46.6 Å². The maximum Gasteiger partial charge on any atom is 0.306 e. The van der Waals surface area contributed by atoms with Crippen LogP contribution in [0.15, 0.2) is 0 Å². The minimum Gasteiger partial charge on any atom is -0.481 e. The van der Waals surface area contributed by atoms with Gasteiger partial charge in [-0.25, -0.2) is 9.97 Å². The van der Waals surface area contributed by atoms with Crippen molar-refractivity contribution in [2.24, 2.45) is 5.92 Å². The molecule has 0 fully saturated rings. The van der Waals surface area contributed by atoms with Crippen molar-refractivity contribution >= 4 is 5.97 Å². The van der Waals surface area contributed by atoms with Crippen molar-refractivity contribution in [3.05, 3.63) is 22.8 Å². The molecule has 0 aromatic carbocycles. The fraction of sp³-hybridized carbons (Fsp3) is 0.643. The van der Waals surface area contributed by atoms with Gasteiger partial charge in [0, 0.05) is 24.4 Å². The van der Waals surface area contributed by atoms with Crippen LogP contribution in [0.5, 0.6) is 0 Å². The molecule has 0 aliphatic heterocycles. The fourth-order valence-electron chi connectivity index (χ4n) is 2.50. The van der Waals surface area contributed by atoms with E-state index in [4.69, 9.17) is 5.11 Å². The van der Waals surface area contributed by atoms with E-state index in [0.29, 0.717) is 12.8 Å². The molecule has 1 atom stereocenters. The zero-order valence-corrected chi connectivity index (χ0v) is 11.8. The van der Waals surface area contributed by atoms with Crippen LogP contribution in [-0.2, 0) is 24.1 Å². The third-order valence-corrected chi connectivity index (χ3v) is 3.66. The topological polar surface area (TPSA) is 66.3 Å². The molecule has 0 saturated carbocycles. The van der Waals surface area contributed by atoms with Gasteiger partial charge in [-0.3, -0.25) is 4.79 Å². The van der Waals surface area contributed by atoms with E-state index in [9.17, 15) is 4.79 Å². The monoisotopic (exact) mass is 263 g/mol. The number of hydrogen-bond acceptors (Lipinski definition) is 4. The molecule has 5 heteroatoms. The number of rotatable bonds is 4. The average molecular weight is 263 g/mol. The van der Waals surface area contributed by atoms with Gasteiger partial charge in [-0.15, -0.1) is 0 Å². The fourth-order valence-corrected chi connectivity index (χ4v) is 2.50. The maximum atomic E-state index is 11.1. The molecule has 0 spiro atoms. The molecule has 5 nitrogen and oxygen atoms in total. The lowest BCUT2D eigenvalue weighted by Gasteiger charge is -2.22. The molecule has 0 saturated heterocycles. The lowest BCUT2D eigenvalue weighted by molar-refractivity contribution is -0.142. The summed E-state index contributed by atoms with van der Waals surface area (Å²) >= 11 is 0. The number of carboxylic acids is 1. The standard InChI is InChI=1S/C14H21N3O2/c1-9-11-8-10(14(18)19)4-5-12(11)16-13(15-9)6-7-17(2)3/h10H,4-8H2,1-3H3,(H,18,19). The predicted octanol–water partition coefficient (Wildman–Crippen LogP) is 1.08. The van der Waals surface area contributed by atoms with Gasteiger partial charge >= 0.3 is 5.97 Å². The number of aliphatic carboxylic acids is 1. The molecule has 1 aromatic heterocycles. The number of aromatic nitrogens is 2. The molecule has 1 aromatic rings. The van der Waals surface area contributed by atoms with Crippen LogP contribution in [0.3, 0.4) is 0 Å². The van der Waals surface area contributed by atoms with Gasteiger partial charge in [-0.05, 0) is 45.8 Å². The molecule has 104 valence electrons. The van der Waals surface area contributed by atoms with Gasteiger partial charge in [0.1, 0.15) is 5.82 Å². The molecule has 1 N–H and O–H groups in total. The van der Waals surface area contributed by atoms with E-state index in [1.165, 1.54) is 0 Å². The lowest BCUT2D eigenvalue weighted by Crippen LogP contribution is -2.25. The minimum atomic E-state index is -0.707. The smallest absolute Gasteiger partial charge is 0.306 e. The Labute approximate surface area is 113 Å². The van der Waals surface area contributed by atoms with Crippen molar-refractivity contribution in [1.82, 2.24) is 14.9 Å². The highest BCUT2D eigenvalue weighted by atomic mass is 16.4. The van der Waals surface area contributed by atoms with Gasteiger partial charge in [0.2, 0.25) is 0 Å². The molecule has 1 unspecified atom stereocenters. The minimum absolute atomic E-state index is 0.276. The summed E-state index contributed by atoms with van der Waals surface area (Å²) < 4.78 is 0. The molecular weight excluding hydrogens is 242 g/mol. The molecular formula is C14H21N3O2. The number of carbonyl (C=O) groups is 1. The Bertz CT molecular complexity index is 486. The first kappa shape index (κ1) is 13.9. The SMILES string of the molecule is Cc1nc(CCN(C)C)nc2c1CC(C(=O)O)CC2. The van der Waals surface area contributed by atoms with Crippen molar-refractivity contribution in [3.63, 3.8) is 0 Å². The Morgan fingerprint density at radius 2 is 2.16 bits per heavy atom. The molecule has 19 heavy (non-hydrogen) atoms. The second kappa shape index (κ2) is 5.65. The maximum absolute atomic E-state index is 11.1. The van der Waals surface area contributed by atoms with Gasteiger partial charge in [0.25, 0.3) is 0 Å². The van der Waals surface area contributed by atoms with Crippen LogP contribution in [0.25, 0.3) is 0 Å². The molecule has 0 amide bonds. The summed E-state index contributed by atoms with van der Waals surface area (Å²) in [6.07, 6.45) is 2.85. The number of carboxylic acid groups (broad SMARTS) is 1. The first-order valence-corrected chi connectivity index (χ1v) is 6.70. The van der Waals surface area contributed by atoms with E-state index in [2.05, 4.69) is 14.9 Å². The Morgan fingerprint density at radius 3 is 2.79 bits per heavy atom. The second-order valence-electron chi connectivity index (χ2n) is 5.48. The van der Waals surface area contributed by atoms with Crippen molar-refractivity contribution in [2.75, 3.05) is 20.6 Å². The predicted molar refractivity (Wildman–Crippen MR) is 72.2 cm³/mol. The lowest BCUT2D eigenvalue weighted by atomic mass is 9.86. The van der Waals surface area contributed by atoms with Crippen LogP contribution < -0.4 is 0 Å². The summed E-state index contributed by atoms with van der Waals surface area (Å²) in [4.78, 5) is 22.3. The normalized spacial score (nSPS) is 18.4. The highest BCUT2D eigenvalue weighted by molar-refractivity contribution is 5.71. The molecule has 1 aliphatic carbocycles. The highest BCUT2D eigenvalue weighted by Gasteiger charge is 2.27. The van der Waals surface area contributed by atoms with Crippen molar-refractivity contribution in [1.29, 1.82) is 0 Å². The largest absolute Gasteiger partial charge is 0.481 e. The van der Waals surface area contributed by atoms with E-state index >= 15 is 0 Å². The Hall–Kier alpha value is -1.49. The van der Waals surface area contributed by atoms with Crippen LogP contribution in [0.4, 0.5) is 0 Å². The molecule has 2 rings (SSSR count). The Balaban J connectivity index is 2.19. The summed E-state index contributed by atoms with van der Waals surface area (Å²) in [5, 5.41) is 9.11. The van der Waals surface area contributed by atoms with Gasteiger partial charge in [0.15, 0.2) is 0 Å². The number of fused-ring (bicyclic) bond motifs is 1. The molecule has 1 aliphatic rings. The summed E-state index contributed by atoms with van der Waals surface area (Å²) in [7, 11) is 4.06. The summed E-state index contributed by atoms with van der Waals surface area (Å²) in [6, 6.07) is 0. The number of nitrogens with zero attached hydrogens (tertiary/aromatic N) is 3. The van der Waals surface area contributed by atoms with Gasteiger partial charge in [-0.2, -0.15) is 0 Å². The Morgan fingerprint density at radius 1 is 1.42 bits per heavy atom. The number of hydrogen-bond donors (Lipinski definition) is 1. The summed E-state index contributed by atoms with van der Waals surface area (Å²) in [5.74, 6) is -0.108. The molecule has 0 radical (unpaired) electrons. The van der Waals surface area contributed by atoms with Crippen molar-refractivity contribution in [2.45, 2.75) is 32.6 Å². The first-order valence-electron chi connectivity index (χ1n) is 6.70. The van der Waals surface area contributed by atoms with Crippen LogP contribution in [0, 0.1) is 12.8 Å². The molecule has 0 bridgehead atoms. The van der Waals surface area contributed by atoms with Crippen molar-refractivity contribution in [3.8, 4) is 0 Å². The van der Waals surface area contributed by atoms with Crippen LogP contribution in [0.2, 0.25) is 0 Å². The zero-order valence-electron chi connectivity index (χ0n) is 11.8. The second-order valence-corrected chi connectivity index (χ2v) is 5.48. The van der Waals surface area contributed by atoms with Gasteiger partial charge < -0.3 is 10.0 Å². The molecule has 1 heterocycles. The third-order valence-electron chi connectivity index (χ3n) is 3.66. The van der Waals surface area contributed by atoms with Gasteiger partial charge in [-0.1, -0.05) is 0 Å². The summed E-state index contributed by atoms with van der Waals surface area (Å²) in [5.41, 5.74) is 3.05. The van der Waals surface area contributed by atoms with E-state index < -0.39 is 5.97 Å². The number of likely N-dealkylation sites (N-methyl/N-ethyl adjacent to an activating group) is 1. The van der Waals surface area contributed by atoms with E-state index in [1.807, 2.05) is 21.0 Å². The third kappa shape index (κ3) is 3.29.